The molecule has 0 saturated carbocycles. The van der Waals surface area contributed by atoms with Crippen LogP contribution in [0.15, 0.2) is 48.5 Å². The van der Waals surface area contributed by atoms with Gasteiger partial charge in [0.05, 0.1) is 4.92 Å². The predicted molar refractivity (Wildman–Crippen MR) is 80.1 cm³/mol. The first-order valence-corrected chi connectivity index (χ1v) is 6.19. The van der Waals surface area contributed by atoms with Crippen LogP contribution in [-0.2, 0) is 0 Å². The molecular weight excluding hydrogens is 272 g/mol. The minimum atomic E-state index is -0.526. The van der Waals surface area contributed by atoms with Gasteiger partial charge in [-0.05, 0) is 25.1 Å². The van der Waals surface area contributed by atoms with E-state index >= 15 is 0 Å². The number of nitro benzene ring substituents is 1. The summed E-state index contributed by atoms with van der Waals surface area (Å²) in [5.74, 6) is 0. The van der Waals surface area contributed by atoms with E-state index in [2.05, 4.69) is 16.2 Å². The topological polar surface area (TPSA) is 96.3 Å². The molecule has 2 rings (SSSR count). The van der Waals surface area contributed by atoms with Crippen LogP contribution in [0.4, 0.5) is 21.9 Å². The summed E-state index contributed by atoms with van der Waals surface area (Å²) in [6.45, 7) is 1.94. The number of amides is 2. The quantitative estimate of drug-likeness (QED) is 0.594. The molecular formula is C14H14N4O3. The molecule has 7 nitrogen and oxygen atoms in total. The molecule has 0 heterocycles. The van der Waals surface area contributed by atoms with Crippen molar-refractivity contribution in [2.45, 2.75) is 6.92 Å². The summed E-state index contributed by atoms with van der Waals surface area (Å²) in [5, 5.41) is 13.4. The van der Waals surface area contributed by atoms with Crippen molar-refractivity contribution in [1.29, 1.82) is 0 Å². The summed E-state index contributed by atoms with van der Waals surface area (Å²) in [6, 6.07) is 12.8. The number of aryl methyl sites for hydroxylation is 1. The van der Waals surface area contributed by atoms with Crippen LogP contribution in [0, 0.1) is 17.0 Å². The molecule has 3 N–H and O–H groups in total. The van der Waals surface area contributed by atoms with E-state index in [4.69, 9.17) is 0 Å². The van der Waals surface area contributed by atoms with Crippen LogP contribution in [0.1, 0.15) is 5.56 Å². The number of urea groups is 1. The lowest BCUT2D eigenvalue weighted by Gasteiger charge is -2.10. The summed E-state index contributed by atoms with van der Waals surface area (Å²) >= 11 is 0. The number of hydrogen-bond acceptors (Lipinski definition) is 4. The van der Waals surface area contributed by atoms with Gasteiger partial charge in [0.2, 0.25) is 0 Å². The number of rotatable bonds is 4. The number of nitrogens with zero attached hydrogens (tertiary/aromatic N) is 1. The van der Waals surface area contributed by atoms with E-state index in [1.807, 2.05) is 19.1 Å². The van der Waals surface area contributed by atoms with Gasteiger partial charge in [0.1, 0.15) is 5.69 Å². The first-order chi connectivity index (χ1) is 10.1. The van der Waals surface area contributed by atoms with Crippen molar-refractivity contribution in [2.75, 3.05) is 10.7 Å². The van der Waals surface area contributed by atoms with Gasteiger partial charge in [-0.3, -0.25) is 21.0 Å². The second-order valence-electron chi connectivity index (χ2n) is 4.34. The number of nitrogens with one attached hydrogen (secondary N) is 3. The minimum Gasteiger partial charge on any atom is -0.307 e. The van der Waals surface area contributed by atoms with Crippen LogP contribution < -0.4 is 16.2 Å². The highest BCUT2D eigenvalue weighted by molar-refractivity contribution is 5.90. The molecule has 7 heteroatoms. The highest BCUT2D eigenvalue weighted by Gasteiger charge is 2.12. The fourth-order valence-corrected chi connectivity index (χ4v) is 1.66. The normalized spacial score (nSPS) is 9.76. The monoisotopic (exact) mass is 286 g/mol. The molecule has 0 radical (unpaired) electrons. The Morgan fingerprint density at radius 3 is 2.43 bits per heavy atom. The van der Waals surface area contributed by atoms with E-state index in [1.54, 1.807) is 24.3 Å². The molecule has 0 unspecified atom stereocenters. The lowest BCUT2D eigenvalue weighted by Crippen LogP contribution is -2.33. The first kappa shape index (κ1) is 14.3. The number of carbonyl (C=O) groups excluding carboxylic acids is 1. The van der Waals surface area contributed by atoms with Crippen molar-refractivity contribution in [3.63, 3.8) is 0 Å². The zero-order chi connectivity index (χ0) is 15.2. The van der Waals surface area contributed by atoms with Gasteiger partial charge < -0.3 is 5.32 Å². The molecule has 2 aromatic rings. The lowest BCUT2D eigenvalue weighted by atomic mass is 10.2. The Labute approximate surface area is 121 Å². The zero-order valence-electron chi connectivity index (χ0n) is 11.3. The largest absolute Gasteiger partial charge is 0.337 e. The van der Waals surface area contributed by atoms with Crippen LogP contribution in [0.5, 0.6) is 0 Å². The Balaban J connectivity index is 1.95. The number of anilines is 2. The molecule has 0 spiro atoms. The molecule has 2 aromatic carbocycles. The maximum absolute atomic E-state index is 11.7. The highest BCUT2D eigenvalue weighted by atomic mass is 16.6. The van der Waals surface area contributed by atoms with Crippen molar-refractivity contribution in [3.8, 4) is 0 Å². The maximum Gasteiger partial charge on any atom is 0.337 e. The van der Waals surface area contributed by atoms with E-state index in [1.165, 1.54) is 12.1 Å². The fraction of sp³-hybridized carbons (Fsp3) is 0.0714. The highest BCUT2D eigenvalue weighted by Crippen LogP contribution is 2.22. The second-order valence-corrected chi connectivity index (χ2v) is 4.34. The Hall–Kier alpha value is -3.09. The van der Waals surface area contributed by atoms with E-state index in [-0.39, 0.29) is 11.4 Å². The first-order valence-electron chi connectivity index (χ1n) is 6.19. The Morgan fingerprint density at radius 2 is 1.76 bits per heavy atom. The Bertz CT molecular complexity index is 656. The maximum atomic E-state index is 11.7. The standard InChI is InChI=1S/C14H14N4O3/c1-10-6-8-11(9-7-10)15-14(19)17-16-12-4-2-3-5-13(12)18(20)21/h2-9,16H,1H3,(H2,15,17,19). The third-order valence-electron chi connectivity index (χ3n) is 2.72. The van der Waals surface area contributed by atoms with Crippen LogP contribution in [-0.4, -0.2) is 11.0 Å². The van der Waals surface area contributed by atoms with Crippen molar-refractivity contribution < 1.29 is 9.72 Å². The fourth-order valence-electron chi connectivity index (χ4n) is 1.66. The van der Waals surface area contributed by atoms with Crippen molar-refractivity contribution in [2.24, 2.45) is 0 Å². The number of benzene rings is 2. The van der Waals surface area contributed by atoms with Gasteiger partial charge >= 0.3 is 6.03 Å². The molecule has 0 aliphatic heterocycles. The Kier molecular flexibility index (Phi) is 4.35. The Morgan fingerprint density at radius 1 is 1.10 bits per heavy atom. The van der Waals surface area contributed by atoms with Gasteiger partial charge in [0, 0.05) is 11.8 Å². The molecule has 21 heavy (non-hydrogen) atoms. The summed E-state index contributed by atoms with van der Waals surface area (Å²) in [5.41, 5.74) is 6.68. The van der Waals surface area contributed by atoms with E-state index < -0.39 is 11.0 Å². The molecule has 0 saturated heterocycles. The van der Waals surface area contributed by atoms with Crippen molar-refractivity contribution in [3.05, 3.63) is 64.2 Å². The summed E-state index contributed by atoms with van der Waals surface area (Å²) in [6.07, 6.45) is 0. The van der Waals surface area contributed by atoms with Gasteiger partial charge in [0.15, 0.2) is 0 Å². The van der Waals surface area contributed by atoms with Crippen LogP contribution in [0.3, 0.4) is 0 Å². The average Bonchev–Trinajstić information content (AvgIpc) is 2.48. The molecule has 0 aliphatic carbocycles. The number of nitro groups is 1. The molecule has 108 valence electrons. The third kappa shape index (κ3) is 3.93. The third-order valence-corrected chi connectivity index (χ3v) is 2.72. The molecule has 0 atom stereocenters. The predicted octanol–water partition coefficient (Wildman–Crippen LogP) is 3.05. The lowest BCUT2D eigenvalue weighted by molar-refractivity contribution is -0.384. The van der Waals surface area contributed by atoms with E-state index in [0.717, 1.165) is 5.56 Å². The summed E-state index contributed by atoms with van der Waals surface area (Å²) in [4.78, 5) is 22.0. The molecule has 0 aliphatic rings. The molecule has 2 amide bonds. The van der Waals surface area contributed by atoms with Gasteiger partial charge in [-0.15, -0.1) is 0 Å². The van der Waals surface area contributed by atoms with Crippen LogP contribution in [0.2, 0.25) is 0 Å². The number of carbonyl (C=O) groups is 1. The van der Waals surface area contributed by atoms with Gasteiger partial charge in [-0.2, -0.15) is 0 Å². The van der Waals surface area contributed by atoms with Gasteiger partial charge in [0.25, 0.3) is 5.69 Å². The second kappa shape index (κ2) is 6.38. The number of para-hydroxylation sites is 2. The van der Waals surface area contributed by atoms with Crippen LogP contribution >= 0.6 is 0 Å². The smallest absolute Gasteiger partial charge is 0.307 e. The minimum absolute atomic E-state index is 0.117. The average molecular weight is 286 g/mol. The van der Waals surface area contributed by atoms with E-state index in [0.29, 0.717) is 5.69 Å². The van der Waals surface area contributed by atoms with E-state index in [9.17, 15) is 14.9 Å². The van der Waals surface area contributed by atoms with Crippen molar-refractivity contribution in [1.82, 2.24) is 5.43 Å². The zero-order valence-corrected chi connectivity index (χ0v) is 11.3. The van der Waals surface area contributed by atoms with Crippen molar-refractivity contribution >= 4 is 23.1 Å². The summed E-state index contributed by atoms with van der Waals surface area (Å²) < 4.78 is 0. The SMILES string of the molecule is Cc1ccc(NC(=O)NNc2ccccc2[N+](=O)[O-])cc1. The van der Waals surface area contributed by atoms with Gasteiger partial charge in [-0.1, -0.05) is 29.8 Å². The van der Waals surface area contributed by atoms with Gasteiger partial charge in [-0.25, -0.2) is 4.79 Å². The number of hydrazine groups is 1. The molecule has 0 aromatic heterocycles. The molecule has 0 bridgehead atoms. The number of hydrogen-bond donors (Lipinski definition) is 3. The van der Waals surface area contributed by atoms with Crippen LogP contribution in [0.25, 0.3) is 0 Å². The summed E-state index contributed by atoms with van der Waals surface area (Å²) in [7, 11) is 0. The molecule has 0 fully saturated rings.